The number of rotatable bonds is 6. The van der Waals surface area contributed by atoms with E-state index in [9.17, 15) is 9.59 Å². The van der Waals surface area contributed by atoms with Gasteiger partial charge in [0.2, 0.25) is 0 Å². The quantitative estimate of drug-likeness (QED) is 0.470. The third kappa shape index (κ3) is 4.26. The zero-order valence-electron chi connectivity index (χ0n) is 17.7. The molecular weight excluding hydrogens is 364 g/mol. The lowest BCUT2D eigenvalue weighted by Crippen LogP contribution is -2.33. The van der Waals surface area contributed by atoms with Crippen LogP contribution in [0.15, 0.2) is 36.4 Å². The van der Waals surface area contributed by atoms with Crippen LogP contribution < -0.4 is 9.47 Å². The topological polar surface area (TPSA) is 52.6 Å². The van der Waals surface area contributed by atoms with E-state index in [0.717, 1.165) is 11.1 Å². The third-order valence-corrected chi connectivity index (χ3v) is 6.01. The van der Waals surface area contributed by atoms with Gasteiger partial charge in [-0.15, -0.1) is 0 Å². The van der Waals surface area contributed by atoms with Gasteiger partial charge in [-0.3, -0.25) is 9.59 Å². The maximum atomic E-state index is 10.8. The Bertz CT molecular complexity index is 967. The average Bonchev–Trinajstić information content (AvgIpc) is 2.67. The summed E-state index contributed by atoms with van der Waals surface area (Å²) in [7, 11) is 0. The first kappa shape index (κ1) is 20.8. The standard InChI is InChI=1S/C25H28O4/c1-17(12-18-6-9-22(28-15-26)23(13-18)29-16-27)19-7-8-20-21(14-19)25(4,5)11-10-24(20,2)3/h6-9,12-16H,10-11H2,1-5H3/b17-12+. The Kier molecular flexibility index (Phi) is 5.65. The molecule has 152 valence electrons. The number of hydrogen-bond acceptors (Lipinski definition) is 4. The molecule has 0 aromatic heterocycles. The molecule has 3 rings (SSSR count). The van der Waals surface area contributed by atoms with Crippen molar-refractivity contribution in [3.63, 3.8) is 0 Å². The Morgan fingerprint density at radius 1 is 0.828 bits per heavy atom. The van der Waals surface area contributed by atoms with Crippen LogP contribution >= 0.6 is 0 Å². The largest absolute Gasteiger partial charge is 0.425 e. The van der Waals surface area contributed by atoms with Gasteiger partial charge in [-0.25, -0.2) is 0 Å². The fourth-order valence-electron chi connectivity index (χ4n) is 4.07. The molecule has 29 heavy (non-hydrogen) atoms. The van der Waals surface area contributed by atoms with Crippen LogP contribution in [0.5, 0.6) is 11.5 Å². The number of ether oxygens (including phenoxy) is 2. The summed E-state index contributed by atoms with van der Waals surface area (Å²) in [5, 5.41) is 0. The van der Waals surface area contributed by atoms with E-state index in [0.29, 0.717) is 12.9 Å². The summed E-state index contributed by atoms with van der Waals surface area (Å²) in [5.41, 5.74) is 6.32. The van der Waals surface area contributed by atoms with E-state index in [4.69, 9.17) is 9.47 Å². The summed E-state index contributed by atoms with van der Waals surface area (Å²) in [6, 6.07) is 11.9. The highest BCUT2D eigenvalue weighted by atomic mass is 16.6. The van der Waals surface area contributed by atoms with Crippen molar-refractivity contribution >= 4 is 24.6 Å². The summed E-state index contributed by atoms with van der Waals surface area (Å²) in [5.74, 6) is 0.418. The van der Waals surface area contributed by atoms with Crippen LogP contribution in [0, 0.1) is 0 Å². The Labute approximate surface area is 172 Å². The molecule has 0 bridgehead atoms. The monoisotopic (exact) mass is 392 g/mol. The van der Waals surface area contributed by atoms with Crippen LogP contribution in [0.2, 0.25) is 0 Å². The fourth-order valence-corrected chi connectivity index (χ4v) is 4.07. The average molecular weight is 392 g/mol. The molecule has 0 N–H and O–H groups in total. The van der Waals surface area contributed by atoms with Crippen molar-refractivity contribution in [1.29, 1.82) is 0 Å². The van der Waals surface area contributed by atoms with E-state index in [-0.39, 0.29) is 22.3 Å². The molecule has 4 heteroatoms. The summed E-state index contributed by atoms with van der Waals surface area (Å²) in [6.45, 7) is 12.0. The molecule has 0 aliphatic heterocycles. The molecule has 0 unspecified atom stereocenters. The molecule has 2 aromatic carbocycles. The Hall–Kier alpha value is -2.88. The molecule has 0 atom stereocenters. The van der Waals surface area contributed by atoms with E-state index in [1.54, 1.807) is 12.1 Å². The second kappa shape index (κ2) is 7.86. The van der Waals surface area contributed by atoms with Gasteiger partial charge in [-0.05, 0) is 70.6 Å². The van der Waals surface area contributed by atoms with E-state index in [1.165, 1.54) is 29.5 Å². The van der Waals surface area contributed by atoms with Gasteiger partial charge in [-0.1, -0.05) is 58.0 Å². The molecular formula is C25H28O4. The molecule has 0 saturated heterocycles. The first-order valence-electron chi connectivity index (χ1n) is 9.86. The van der Waals surface area contributed by atoms with Crippen molar-refractivity contribution < 1.29 is 19.1 Å². The lowest BCUT2D eigenvalue weighted by molar-refractivity contribution is -0.123. The number of carbonyl (C=O) groups excluding carboxylic acids is 2. The Balaban J connectivity index is 2.00. The summed E-state index contributed by atoms with van der Waals surface area (Å²) in [6.07, 6.45) is 4.39. The molecule has 0 fully saturated rings. The SMILES string of the molecule is C/C(=C\c1ccc(OC=O)c(OC=O)c1)c1ccc2c(c1)C(C)(C)CCC2(C)C. The molecule has 0 heterocycles. The molecule has 4 nitrogen and oxygen atoms in total. The van der Waals surface area contributed by atoms with Crippen LogP contribution in [-0.4, -0.2) is 12.9 Å². The summed E-state index contributed by atoms with van der Waals surface area (Å²) in [4.78, 5) is 21.4. The smallest absolute Gasteiger partial charge is 0.298 e. The Morgan fingerprint density at radius 2 is 1.45 bits per heavy atom. The number of fused-ring (bicyclic) bond motifs is 1. The molecule has 2 aromatic rings. The first-order valence-corrected chi connectivity index (χ1v) is 9.86. The van der Waals surface area contributed by atoms with Crippen molar-refractivity contribution in [3.05, 3.63) is 58.7 Å². The maximum absolute atomic E-state index is 10.8. The Morgan fingerprint density at radius 3 is 2.10 bits per heavy atom. The van der Waals surface area contributed by atoms with Crippen LogP contribution in [0.1, 0.15) is 69.7 Å². The maximum Gasteiger partial charge on any atom is 0.298 e. The van der Waals surface area contributed by atoms with Crippen molar-refractivity contribution in [2.24, 2.45) is 0 Å². The van der Waals surface area contributed by atoms with Gasteiger partial charge >= 0.3 is 0 Å². The lowest BCUT2D eigenvalue weighted by Gasteiger charge is -2.42. The normalized spacial score (nSPS) is 17.2. The molecule has 1 aliphatic rings. The molecule has 0 radical (unpaired) electrons. The van der Waals surface area contributed by atoms with Gasteiger partial charge in [0.1, 0.15) is 0 Å². The number of hydrogen-bond donors (Lipinski definition) is 0. The molecule has 0 amide bonds. The van der Waals surface area contributed by atoms with Gasteiger partial charge in [0.05, 0.1) is 0 Å². The highest BCUT2D eigenvalue weighted by molar-refractivity contribution is 5.81. The fraction of sp³-hybridized carbons (Fsp3) is 0.360. The van der Waals surface area contributed by atoms with Crippen LogP contribution in [0.4, 0.5) is 0 Å². The summed E-state index contributed by atoms with van der Waals surface area (Å²) < 4.78 is 9.80. The zero-order valence-corrected chi connectivity index (χ0v) is 17.7. The summed E-state index contributed by atoms with van der Waals surface area (Å²) >= 11 is 0. The minimum atomic E-state index is 0.153. The number of allylic oxidation sites excluding steroid dienone is 1. The minimum Gasteiger partial charge on any atom is -0.425 e. The van der Waals surface area contributed by atoms with Crippen molar-refractivity contribution in [1.82, 2.24) is 0 Å². The van der Waals surface area contributed by atoms with Crippen LogP contribution in [-0.2, 0) is 20.4 Å². The third-order valence-electron chi connectivity index (χ3n) is 6.01. The van der Waals surface area contributed by atoms with Gasteiger partial charge in [0.15, 0.2) is 11.5 Å². The predicted molar refractivity (Wildman–Crippen MR) is 115 cm³/mol. The second-order valence-electron chi connectivity index (χ2n) is 8.99. The van der Waals surface area contributed by atoms with Crippen LogP contribution in [0.3, 0.4) is 0 Å². The van der Waals surface area contributed by atoms with E-state index in [1.807, 2.05) is 12.1 Å². The van der Waals surface area contributed by atoms with Crippen molar-refractivity contribution in [2.75, 3.05) is 0 Å². The van der Waals surface area contributed by atoms with Crippen molar-refractivity contribution in [2.45, 2.75) is 58.3 Å². The predicted octanol–water partition coefficient (Wildman–Crippen LogP) is 5.67. The zero-order chi connectivity index (χ0) is 21.2. The molecule has 0 spiro atoms. The van der Waals surface area contributed by atoms with Gasteiger partial charge in [0, 0.05) is 0 Å². The highest BCUT2D eigenvalue weighted by Crippen LogP contribution is 2.46. The van der Waals surface area contributed by atoms with Gasteiger partial charge in [0.25, 0.3) is 12.9 Å². The van der Waals surface area contributed by atoms with Crippen molar-refractivity contribution in [3.8, 4) is 11.5 Å². The molecule has 1 aliphatic carbocycles. The van der Waals surface area contributed by atoms with E-state index >= 15 is 0 Å². The first-order chi connectivity index (χ1) is 13.7. The number of carbonyl (C=O) groups is 2. The van der Waals surface area contributed by atoms with E-state index in [2.05, 4.69) is 52.8 Å². The van der Waals surface area contributed by atoms with E-state index < -0.39 is 0 Å². The highest BCUT2D eigenvalue weighted by Gasteiger charge is 2.36. The number of benzene rings is 2. The second-order valence-corrected chi connectivity index (χ2v) is 8.99. The van der Waals surface area contributed by atoms with Gasteiger partial charge in [-0.2, -0.15) is 0 Å². The lowest BCUT2D eigenvalue weighted by atomic mass is 9.63. The van der Waals surface area contributed by atoms with Gasteiger partial charge < -0.3 is 9.47 Å². The minimum absolute atomic E-state index is 0.153. The molecule has 0 saturated carbocycles. The van der Waals surface area contributed by atoms with Crippen LogP contribution in [0.25, 0.3) is 11.6 Å².